The molecule has 2 aromatic rings. The van der Waals surface area contributed by atoms with Crippen molar-refractivity contribution in [3.05, 3.63) is 58.6 Å². The Morgan fingerprint density at radius 3 is 2.73 bits per heavy atom. The van der Waals surface area contributed by atoms with Gasteiger partial charge in [0.2, 0.25) is 0 Å². The Kier molecular flexibility index (Phi) is 5.55. The summed E-state index contributed by atoms with van der Waals surface area (Å²) in [5.74, 6) is 0.423. The van der Waals surface area contributed by atoms with E-state index < -0.39 is 6.10 Å². The normalized spacial score (nSPS) is 12.1. The summed E-state index contributed by atoms with van der Waals surface area (Å²) in [5.41, 5.74) is 3.17. The summed E-state index contributed by atoms with van der Waals surface area (Å²) in [7, 11) is 0. The van der Waals surface area contributed by atoms with Crippen molar-refractivity contribution in [2.24, 2.45) is 5.10 Å². The van der Waals surface area contributed by atoms with E-state index in [1.807, 2.05) is 12.1 Å². The minimum absolute atomic E-state index is 0.178. The minimum Gasteiger partial charge on any atom is -0.508 e. The topological polar surface area (TPSA) is 70.9 Å². The van der Waals surface area contributed by atoms with Crippen LogP contribution < -0.4 is 10.2 Å². The van der Waals surface area contributed by atoms with Crippen LogP contribution in [0.25, 0.3) is 0 Å². The standard InChI is InChI=1S/C16H15BrN2O3/c1-11(22-15-4-2-3-13(17)9-15)16(21)19-18-10-12-5-7-14(20)8-6-12/h2-11,20H,1H3,(H,19,21)/b18-10-/t11-/m1/s1. The Hall–Kier alpha value is -2.34. The van der Waals surface area contributed by atoms with Gasteiger partial charge in [0.25, 0.3) is 5.91 Å². The van der Waals surface area contributed by atoms with Crippen LogP contribution in [-0.4, -0.2) is 23.3 Å². The van der Waals surface area contributed by atoms with Crippen LogP contribution in [0.5, 0.6) is 11.5 Å². The Morgan fingerprint density at radius 2 is 2.05 bits per heavy atom. The van der Waals surface area contributed by atoms with E-state index in [2.05, 4.69) is 26.5 Å². The van der Waals surface area contributed by atoms with Gasteiger partial charge in [0, 0.05) is 4.47 Å². The molecule has 0 aromatic heterocycles. The number of amides is 1. The van der Waals surface area contributed by atoms with Crippen molar-refractivity contribution in [1.29, 1.82) is 0 Å². The zero-order chi connectivity index (χ0) is 15.9. The Labute approximate surface area is 136 Å². The summed E-state index contributed by atoms with van der Waals surface area (Å²) < 4.78 is 6.40. The number of hydrogen-bond acceptors (Lipinski definition) is 4. The van der Waals surface area contributed by atoms with E-state index in [4.69, 9.17) is 9.84 Å². The van der Waals surface area contributed by atoms with Gasteiger partial charge in [0.05, 0.1) is 6.21 Å². The first-order valence-electron chi connectivity index (χ1n) is 6.59. The van der Waals surface area contributed by atoms with Gasteiger partial charge in [-0.25, -0.2) is 5.43 Å². The molecule has 1 amide bonds. The lowest BCUT2D eigenvalue weighted by atomic mass is 10.2. The summed E-state index contributed by atoms with van der Waals surface area (Å²) in [6.45, 7) is 1.65. The third-order valence-corrected chi connectivity index (χ3v) is 3.25. The molecule has 0 fully saturated rings. The van der Waals surface area contributed by atoms with Crippen LogP contribution in [0.3, 0.4) is 0 Å². The second-order valence-corrected chi connectivity index (χ2v) is 5.46. The molecule has 114 valence electrons. The highest BCUT2D eigenvalue weighted by molar-refractivity contribution is 9.10. The second kappa shape index (κ2) is 7.61. The number of hydrazone groups is 1. The summed E-state index contributed by atoms with van der Waals surface area (Å²) in [5, 5.41) is 13.0. The van der Waals surface area contributed by atoms with Crippen molar-refractivity contribution >= 4 is 28.1 Å². The number of rotatable bonds is 5. The van der Waals surface area contributed by atoms with Crippen LogP contribution in [0.2, 0.25) is 0 Å². The number of nitrogens with one attached hydrogen (secondary N) is 1. The molecule has 0 saturated heterocycles. The first-order chi connectivity index (χ1) is 10.5. The van der Waals surface area contributed by atoms with Crippen LogP contribution in [0, 0.1) is 0 Å². The highest BCUT2D eigenvalue weighted by atomic mass is 79.9. The molecule has 6 heteroatoms. The van der Waals surface area contributed by atoms with Crippen molar-refractivity contribution in [1.82, 2.24) is 5.43 Å². The fourth-order valence-electron chi connectivity index (χ4n) is 1.62. The highest BCUT2D eigenvalue weighted by Crippen LogP contribution is 2.18. The summed E-state index contributed by atoms with van der Waals surface area (Å²) in [6, 6.07) is 13.7. The Morgan fingerprint density at radius 1 is 1.32 bits per heavy atom. The van der Waals surface area contributed by atoms with E-state index >= 15 is 0 Å². The van der Waals surface area contributed by atoms with Gasteiger partial charge in [-0.15, -0.1) is 0 Å². The first kappa shape index (κ1) is 16.0. The molecule has 1 atom stereocenters. The number of benzene rings is 2. The molecule has 0 aliphatic rings. The third-order valence-electron chi connectivity index (χ3n) is 2.76. The van der Waals surface area contributed by atoms with Crippen molar-refractivity contribution in [2.75, 3.05) is 0 Å². The maximum atomic E-state index is 11.9. The summed E-state index contributed by atoms with van der Waals surface area (Å²) in [4.78, 5) is 11.9. The number of carbonyl (C=O) groups excluding carboxylic acids is 1. The fraction of sp³-hybridized carbons (Fsp3) is 0.125. The van der Waals surface area contributed by atoms with Crippen molar-refractivity contribution < 1.29 is 14.6 Å². The number of carbonyl (C=O) groups is 1. The maximum Gasteiger partial charge on any atom is 0.280 e. The number of phenolic OH excluding ortho intramolecular Hbond substituents is 1. The molecule has 5 nitrogen and oxygen atoms in total. The molecule has 2 N–H and O–H groups in total. The zero-order valence-corrected chi connectivity index (χ0v) is 13.4. The van der Waals surface area contributed by atoms with Crippen molar-refractivity contribution in [3.8, 4) is 11.5 Å². The number of ether oxygens (including phenoxy) is 1. The van der Waals surface area contributed by atoms with Crippen molar-refractivity contribution in [2.45, 2.75) is 13.0 Å². The number of nitrogens with zero attached hydrogens (tertiary/aromatic N) is 1. The molecule has 0 heterocycles. The van der Waals surface area contributed by atoms with Gasteiger partial charge in [0.15, 0.2) is 6.10 Å². The largest absolute Gasteiger partial charge is 0.508 e. The van der Waals surface area contributed by atoms with Gasteiger partial charge >= 0.3 is 0 Å². The lowest BCUT2D eigenvalue weighted by Crippen LogP contribution is -2.33. The predicted molar refractivity (Wildman–Crippen MR) is 88.1 cm³/mol. The molecule has 0 radical (unpaired) electrons. The fourth-order valence-corrected chi connectivity index (χ4v) is 2.00. The van der Waals surface area contributed by atoms with Gasteiger partial charge in [-0.1, -0.05) is 22.0 Å². The van der Waals surface area contributed by atoms with Gasteiger partial charge in [-0.3, -0.25) is 4.79 Å². The number of halogens is 1. The predicted octanol–water partition coefficient (Wildman–Crippen LogP) is 3.07. The molecule has 0 spiro atoms. The lowest BCUT2D eigenvalue weighted by molar-refractivity contribution is -0.127. The average molecular weight is 363 g/mol. The number of phenols is 1. The molecule has 0 aliphatic heterocycles. The molecule has 2 aromatic carbocycles. The number of aromatic hydroxyl groups is 1. The summed E-state index contributed by atoms with van der Waals surface area (Å²) in [6.07, 6.45) is 0.814. The molecule has 0 unspecified atom stereocenters. The first-order valence-corrected chi connectivity index (χ1v) is 7.38. The molecular weight excluding hydrogens is 348 g/mol. The maximum absolute atomic E-state index is 11.9. The van der Waals surface area contributed by atoms with Crippen LogP contribution in [0.1, 0.15) is 12.5 Å². The van der Waals surface area contributed by atoms with Crippen LogP contribution in [0.4, 0.5) is 0 Å². The Bertz CT molecular complexity index is 671. The van der Waals surface area contributed by atoms with Crippen LogP contribution >= 0.6 is 15.9 Å². The smallest absolute Gasteiger partial charge is 0.280 e. The SMILES string of the molecule is C[C@@H](Oc1cccc(Br)c1)C(=O)N/N=C\c1ccc(O)cc1. The minimum atomic E-state index is -0.675. The summed E-state index contributed by atoms with van der Waals surface area (Å²) >= 11 is 3.34. The molecule has 0 bridgehead atoms. The average Bonchev–Trinajstić information content (AvgIpc) is 2.49. The monoisotopic (exact) mass is 362 g/mol. The van der Waals surface area contributed by atoms with Gasteiger partial charge in [-0.05, 0) is 55.0 Å². The third kappa shape index (κ3) is 4.89. The van der Waals surface area contributed by atoms with Crippen LogP contribution in [0.15, 0.2) is 58.1 Å². The molecule has 22 heavy (non-hydrogen) atoms. The van der Waals surface area contributed by atoms with Gasteiger partial charge in [-0.2, -0.15) is 5.10 Å². The van der Waals surface area contributed by atoms with E-state index in [1.165, 1.54) is 6.21 Å². The Balaban J connectivity index is 1.87. The zero-order valence-electron chi connectivity index (χ0n) is 11.9. The highest BCUT2D eigenvalue weighted by Gasteiger charge is 2.13. The molecular formula is C16H15BrN2O3. The van der Waals surface area contributed by atoms with E-state index in [0.717, 1.165) is 10.0 Å². The molecule has 2 rings (SSSR count). The number of hydrogen-bond donors (Lipinski definition) is 2. The molecule has 0 aliphatic carbocycles. The van der Waals surface area contributed by atoms with Gasteiger partial charge < -0.3 is 9.84 Å². The van der Waals surface area contributed by atoms with E-state index in [1.54, 1.807) is 43.3 Å². The van der Waals surface area contributed by atoms with E-state index in [0.29, 0.717) is 5.75 Å². The van der Waals surface area contributed by atoms with E-state index in [9.17, 15) is 4.79 Å². The van der Waals surface area contributed by atoms with E-state index in [-0.39, 0.29) is 11.7 Å². The second-order valence-electron chi connectivity index (χ2n) is 4.54. The molecule has 0 saturated carbocycles. The lowest BCUT2D eigenvalue weighted by Gasteiger charge is -2.12. The van der Waals surface area contributed by atoms with Crippen LogP contribution in [-0.2, 0) is 4.79 Å². The quantitative estimate of drug-likeness (QED) is 0.634. The van der Waals surface area contributed by atoms with Gasteiger partial charge in [0.1, 0.15) is 11.5 Å². The van der Waals surface area contributed by atoms with Crippen molar-refractivity contribution in [3.63, 3.8) is 0 Å².